The Bertz CT molecular complexity index is 175. The topological polar surface area (TPSA) is 70.6 Å². The molecule has 3 N–H and O–H groups in total. The third kappa shape index (κ3) is 3.20. The summed E-state index contributed by atoms with van der Waals surface area (Å²) in [4.78, 5) is 11.0. The first kappa shape index (κ1) is 10.3. The molecule has 1 saturated heterocycles. The smallest absolute Gasteiger partial charge is 0.407 e. The fraction of sp³-hybridized carbons (Fsp3) is 0.875. The van der Waals surface area contributed by atoms with Gasteiger partial charge >= 0.3 is 6.09 Å². The molecule has 0 unspecified atom stereocenters. The molecule has 5 heteroatoms. The van der Waals surface area contributed by atoms with Crippen molar-refractivity contribution in [1.29, 1.82) is 0 Å². The minimum absolute atomic E-state index is 0.180. The van der Waals surface area contributed by atoms with Gasteiger partial charge in [0.05, 0.1) is 18.8 Å². The molecule has 1 aliphatic heterocycles. The molecule has 5 nitrogen and oxygen atoms in total. The van der Waals surface area contributed by atoms with Gasteiger partial charge in [-0.1, -0.05) is 0 Å². The van der Waals surface area contributed by atoms with Crippen LogP contribution >= 0.6 is 0 Å². The molecule has 0 saturated carbocycles. The quantitative estimate of drug-likeness (QED) is 0.544. The van der Waals surface area contributed by atoms with E-state index in [1.54, 1.807) is 6.92 Å². The minimum Gasteiger partial charge on any atom is -0.450 e. The van der Waals surface area contributed by atoms with E-state index in [-0.39, 0.29) is 6.04 Å². The van der Waals surface area contributed by atoms with E-state index in [0.29, 0.717) is 13.2 Å². The van der Waals surface area contributed by atoms with Gasteiger partial charge in [-0.3, -0.25) is 0 Å². The van der Waals surface area contributed by atoms with Gasteiger partial charge in [-0.25, -0.2) is 4.79 Å². The lowest BCUT2D eigenvalue weighted by Gasteiger charge is -2.28. The van der Waals surface area contributed by atoms with Gasteiger partial charge in [-0.2, -0.15) is 0 Å². The van der Waals surface area contributed by atoms with Crippen molar-refractivity contribution in [2.45, 2.75) is 25.5 Å². The van der Waals surface area contributed by atoms with Crippen molar-refractivity contribution in [2.24, 2.45) is 0 Å². The standard InChI is InChI=1S/C8H16N2O3/c1-2-13-8(12)10-6-3-4-9-5-7(6)11/h6-7,9,11H,2-5H2,1H3,(H,10,12)/t6-,7-/m1/s1. The number of hydrogen-bond donors (Lipinski definition) is 3. The molecule has 2 atom stereocenters. The van der Waals surface area contributed by atoms with Crippen molar-refractivity contribution in [3.63, 3.8) is 0 Å². The SMILES string of the molecule is CCOC(=O)N[C@@H]1CCNC[C@H]1O. The first-order valence-electron chi connectivity index (χ1n) is 4.56. The molecule has 1 amide bonds. The average Bonchev–Trinajstić information content (AvgIpc) is 2.09. The zero-order valence-corrected chi connectivity index (χ0v) is 7.75. The Hall–Kier alpha value is -0.810. The van der Waals surface area contributed by atoms with Crippen LogP contribution in [0.25, 0.3) is 0 Å². The van der Waals surface area contributed by atoms with Gasteiger partial charge in [0.15, 0.2) is 0 Å². The Morgan fingerprint density at radius 2 is 2.54 bits per heavy atom. The first-order valence-corrected chi connectivity index (χ1v) is 4.56. The van der Waals surface area contributed by atoms with Gasteiger partial charge in [-0.15, -0.1) is 0 Å². The summed E-state index contributed by atoms with van der Waals surface area (Å²) >= 11 is 0. The number of piperidine rings is 1. The minimum atomic E-state index is -0.516. The fourth-order valence-electron chi connectivity index (χ4n) is 1.33. The van der Waals surface area contributed by atoms with Crippen molar-refractivity contribution < 1.29 is 14.6 Å². The van der Waals surface area contributed by atoms with Crippen LogP contribution in [0.5, 0.6) is 0 Å². The predicted octanol–water partition coefficient (Wildman–Crippen LogP) is -0.545. The van der Waals surface area contributed by atoms with E-state index < -0.39 is 12.2 Å². The number of carbonyl (C=O) groups is 1. The van der Waals surface area contributed by atoms with Crippen LogP contribution < -0.4 is 10.6 Å². The van der Waals surface area contributed by atoms with E-state index in [9.17, 15) is 9.90 Å². The van der Waals surface area contributed by atoms with E-state index in [2.05, 4.69) is 10.6 Å². The molecule has 1 fully saturated rings. The van der Waals surface area contributed by atoms with Crippen molar-refractivity contribution in [3.05, 3.63) is 0 Å². The molecule has 76 valence electrons. The summed E-state index contributed by atoms with van der Waals surface area (Å²) in [5.74, 6) is 0. The van der Waals surface area contributed by atoms with Gasteiger partial charge in [0.25, 0.3) is 0 Å². The van der Waals surface area contributed by atoms with E-state index in [4.69, 9.17) is 4.74 Å². The van der Waals surface area contributed by atoms with Crippen molar-refractivity contribution in [2.75, 3.05) is 19.7 Å². The Kier molecular flexibility index (Phi) is 3.98. The van der Waals surface area contributed by atoms with E-state index >= 15 is 0 Å². The molecule has 1 aliphatic rings. The second kappa shape index (κ2) is 5.04. The molecular weight excluding hydrogens is 172 g/mol. The molecule has 0 aromatic rings. The first-order chi connectivity index (χ1) is 6.24. The van der Waals surface area contributed by atoms with Crippen molar-refractivity contribution in [1.82, 2.24) is 10.6 Å². The fourth-order valence-corrected chi connectivity index (χ4v) is 1.33. The monoisotopic (exact) mass is 188 g/mol. The molecular formula is C8H16N2O3. The lowest BCUT2D eigenvalue weighted by Crippen LogP contribution is -2.52. The van der Waals surface area contributed by atoms with Crippen LogP contribution in [0.4, 0.5) is 4.79 Å². The Balaban J connectivity index is 2.29. The lowest BCUT2D eigenvalue weighted by atomic mass is 10.0. The maximum atomic E-state index is 11.0. The second-order valence-electron chi connectivity index (χ2n) is 3.03. The molecule has 0 radical (unpaired) electrons. The van der Waals surface area contributed by atoms with Gasteiger partial charge in [0.1, 0.15) is 0 Å². The Morgan fingerprint density at radius 1 is 1.77 bits per heavy atom. The van der Waals surface area contributed by atoms with Crippen LogP contribution in [0.1, 0.15) is 13.3 Å². The number of β-amino-alcohol motifs (C(OH)–C–C–N with tert-alkyl or cyclic N) is 1. The number of aliphatic hydroxyl groups is 1. The number of amides is 1. The highest BCUT2D eigenvalue weighted by molar-refractivity contribution is 5.67. The molecule has 1 heterocycles. The van der Waals surface area contributed by atoms with Crippen LogP contribution in [-0.2, 0) is 4.74 Å². The highest BCUT2D eigenvalue weighted by atomic mass is 16.5. The number of rotatable bonds is 2. The molecule has 0 aromatic heterocycles. The van der Waals surface area contributed by atoms with Crippen LogP contribution in [-0.4, -0.2) is 43.0 Å². The Labute approximate surface area is 77.5 Å². The zero-order chi connectivity index (χ0) is 9.68. The maximum absolute atomic E-state index is 11.0. The lowest BCUT2D eigenvalue weighted by molar-refractivity contribution is 0.0901. The third-order valence-electron chi connectivity index (χ3n) is 2.03. The molecule has 0 aromatic carbocycles. The number of alkyl carbamates (subject to hydrolysis) is 1. The van der Waals surface area contributed by atoms with Gasteiger partial charge in [0, 0.05) is 6.54 Å². The average molecular weight is 188 g/mol. The molecule has 0 spiro atoms. The number of nitrogens with one attached hydrogen (secondary N) is 2. The largest absolute Gasteiger partial charge is 0.450 e. The van der Waals surface area contributed by atoms with Gasteiger partial charge in [-0.05, 0) is 19.9 Å². The number of hydrogen-bond acceptors (Lipinski definition) is 4. The van der Waals surface area contributed by atoms with Crippen LogP contribution in [0, 0.1) is 0 Å². The maximum Gasteiger partial charge on any atom is 0.407 e. The van der Waals surface area contributed by atoms with Crippen LogP contribution in [0.15, 0.2) is 0 Å². The normalized spacial score (nSPS) is 28.2. The summed E-state index contributed by atoms with van der Waals surface area (Å²) in [6, 6.07) is -0.180. The summed E-state index contributed by atoms with van der Waals surface area (Å²) in [5, 5.41) is 15.1. The molecule has 0 aliphatic carbocycles. The Morgan fingerprint density at radius 3 is 3.15 bits per heavy atom. The number of carbonyl (C=O) groups excluding carboxylic acids is 1. The number of aliphatic hydroxyl groups excluding tert-OH is 1. The van der Waals surface area contributed by atoms with Crippen LogP contribution in [0.3, 0.4) is 0 Å². The summed E-state index contributed by atoms with van der Waals surface area (Å²) in [5.41, 5.74) is 0. The summed E-state index contributed by atoms with van der Waals surface area (Å²) in [7, 11) is 0. The highest BCUT2D eigenvalue weighted by Crippen LogP contribution is 2.03. The van der Waals surface area contributed by atoms with E-state index in [0.717, 1.165) is 13.0 Å². The molecule has 1 rings (SSSR count). The predicted molar refractivity (Wildman–Crippen MR) is 47.4 cm³/mol. The summed E-state index contributed by atoms with van der Waals surface area (Å²) < 4.78 is 4.71. The highest BCUT2D eigenvalue weighted by Gasteiger charge is 2.24. The van der Waals surface area contributed by atoms with Crippen molar-refractivity contribution >= 4 is 6.09 Å². The van der Waals surface area contributed by atoms with Crippen LogP contribution in [0.2, 0.25) is 0 Å². The summed E-state index contributed by atoms with van der Waals surface area (Å²) in [6.07, 6.45) is -0.230. The number of ether oxygens (including phenoxy) is 1. The second-order valence-corrected chi connectivity index (χ2v) is 3.03. The van der Waals surface area contributed by atoms with Crippen molar-refractivity contribution in [3.8, 4) is 0 Å². The van der Waals surface area contributed by atoms with E-state index in [1.165, 1.54) is 0 Å². The zero-order valence-electron chi connectivity index (χ0n) is 7.75. The third-order valence-corrected chi connectivity index (χ3v) is 2.03. The van der Waals surface area contributed by atoms with Gasteiger partial charge in [0.2, 0.25) is 0 Å². The van der Waals surface area contributed by atoms with E-state index in [1.807, 2.05) is 0 Å². The van der Waals surface area contributed by atoms with Gasteiger partial charge < -0.3 is 20.5 Å². The molecule has 13 heavy (non-hydrogen) atoms. The molecule has 0 bridgehead atoms. The summed E-state index contributed by atoms with van der Waals surface area (Å²) in [6.45, 7) is 3.44.